The summed E-state index contributed by atoms with van der Waals surface area (Å²) in [6.07, 6.45) is 7.72. The van der Waals surface area contributed by atoms with Crippen LogP contribution in [0.15, 0.2) is 24.5 Å². The number of piperidine rings is 1. The second-order valence-electron chi connectivity index (χ2n) is 4.24. The molecule has 1 aromatic heterocycles. The van der Waals surface area contributed by atoms with Crippen LogP contribution in [0.1, 0.15) is 19.3 Å². The summed E-state index contributed by atoms with van der Waals surface area (Å²) in [6.45, 7) is 2.25. The topological polar surface area (TPSA) is 28.2 Å². The number of nitrogens with zero attached hydrogens (tertiary/aromatic N) is 2. The van der Waals surface area contributed by atoms with E-state index in [2.05, 4.69) is 28.3 Å². The lowest BCUT2D eigenvalue weighted by atomic mass is 10.0. The normalized spacial score (nSPS) is 21.3. The average molecular weight is 205 g/mol. The fourth-order valence-electron chi connectivity index (χ4n) is 2.10. The first-order chi connectivity index (χ1) is 7.36. The molecule has 0 bridgehead atoms. The monoisotopic (exact) mass is 205 g/mol. The second-order valence-corrected chi connectivity index (χ2v) is 4.24. The van der Waals surface area contributed by atoms with Crippen LogP contribution in [0.4, 0.5) is 5.69 Å². The summed E-state index contributed by atoms with van der Waals surface area (Å²) >= 11 is 0. The Morgan fingerprint density at radius 3 is 3.13 bits per heavy atom. The van der Waals surface area contributed by atoms with E-state index in [1.54, 1.807) is 0 Å². The standard InChI is InChI=1S/C12H19N3/c1-15(12-6-4-7-13-9-12)10-11-5-2-3-8-14-11/h4,6-7,9,11,14H,2-3,5,8,10H2,1H3/t11-/m0/s1. The maximum atomic E-state index is 4.14. The molecule has 1 fully saturated rings. The highest BCUT2D eigenvalue weighted by molar-refractivity contribution is 5.42. The molecule has 82 valence electrons. The molecule has 1 aliphatic rings. The van der Waals surface area contributed by atoms with E-state index >= 15 is 0 Å². The molecule has 3 heteroatoms. The largest absolute Gasteiger partial charge is 0.372 e. The molecular weight excluding hydrogens is 186 g/mol. The van der Waals surface area contributed by atoms with Crippen LogP contribution in [0.2, 0.25) is 0 Å². The van der Waals surface area contributed by atoms with E-state index in [4.69, 9.17) is 0 Å². The van der Waals surface area contributed by atoms with Gasteiger partial charge in [0.25, 0.3) is 0 Å². The van der Waals surface area contributed by atoms with Crippen molar-refractivity contribution >= 4 is 5.69 Å². The molecule has 1 N–H and O–H groups in total. The summed E-state index contributed by atoms with van der Waals surface area (Å²) in [5.41, 5.74) is 1.20. The molecule has 0 saturated carbocycles. The van der Waals surface area contributed by atoms with Crippen molar-refractivity contribution in [3.05, 3.63) is 24.5 Å². The predicted octanol–water partition coefficient (Wildman–Crippen LogP) is 1.66. The van der Waals surface area contributed by atoms with Crippen LogP contribution in [0.25, 0.3) is 0 Å². The van der Waals surface area contributed by atoms with Crippen molar-refractivity contribution < 1.29 is 0 Å². The lowest BCUT2D eigenvalue weighted by Crippen LogP contribution is -2.42. The Bertz CT molecular complexity index is 280. The number of anilines is 1. The van der Waals surface area contributed by atoms with E-state index < -0.39 is 0 Å². The molecule has 1 saturated heterocycles. The number of pyridine rings is 1. The minimum absolute atomic E-state index is 0.643. The van der Waals surface area contributed by atoms with Gasteiger partial charge in [-0.25, -0.2) is 0 Å². The molecule has 15 heavy (non-hydrogen) atoms. The highest BCUT2D eigenvalue weighted by atomic mass is 15.1. The Hall–Kier alpha value is -1.09. The number of hydrogen-bond acceptors (Lipinski definition) is 3. The first-order valence-corrected chi connectivity index (χ1v) is 5.71. The number of likely N-dealkylation sites (N-methyl/N-ethyl adjacent to an activating group) is 1. The number of nitrogens with one attached hydrogen (secondary N) is 1. The predicted molar refractivity (Wildman–Crippen MR) is 63.1 cm³/mol. The third-order valence-electron chi connectivity index (χ3n) is 2.99. The molecule has 0 unspecified atom stereocenters. The molecule has 1 aromatic rings. The van der Waals surface area contributed by atoms with Gasteiger partial charge in [0, 0.05) is 25.8 Å². The van der Waals surface area contributed by atoms with Crippen LogP contribution in [0.5, 0.6) is 0 Å². The lowest BCUT2D eigenvalue weighted by Gasteiger charge is -2.29. The van der Waals surface area contributed by atoms with E-state index in [0.29, 0.717) is 6.04 Å². The van der Waals surface area contributed by atoms with Crippen molar-refractivity contribution in [2.75, 3.05) is 25.0 Å². The zero-order chi connectivity index (χ0) is 10.5. The highest BCUT2D eigenvalue weighted by Crippen LogP contribution is 2.13. The van der Waals surface area contributed by atoms with Gasteiger partial charge in [-0.2, -0.15) is 0 Å². The molecule has 2 heterocycles. The summed E-state index contributed by atoms with van der Waals surface area (Å²) in [7, 11) is 2.13. The summed E-state index contributed by atoms with van der Waals surface area (Å²) < 4.78 is 0. The summed E-state index contributed by atoms with van der Waals surface area (Å²) in [5, 5.41) is 3.56. The van der Waals surface area contributed by atoms with Gasteiger partial charge >= 0.3 is 0 Å². The van der Waals surface area contributed by atoms with Crippen LogP contribution in [-0.4, -0.2) is 31.2 Å². The molecular formula is C12H19N3. The Balaban J connectivity index is 1.88. The number of hydrogen-bond donors (Lipinski definition) is 1. The number of rotatable bonds is 3. The van der Waals surface area contributed by atoms with Crippen molar-refractivity contribution in [1.82, 2.24) is 10.3 Å². The van der Waals surface area contributed by atoms with Crippen molar-refractivity contribution in [1.29, 1.82) is 0 Å². The zero-order valence-corrected chi connectivity index (χ0v) is 9.32. The smallest absolute Gasteiger partial charge is 0.0550 e. The maximum Gasteiger partial charge on any atom is 0.0550 e. The fraction of sp³-hybridized carbons (Fsp3) is 0.583. The Kier molecular flexibility index (Phi) is 3.56. The van der Waals surface area contributed by atoms with Crippen molar-refractivity contribution in [2.45, 2.75) is 25.3 Å². The molecule has 0 aliphatic carbocycles. The summed E-state index contributed by atoms with van der Waals surface area (Å²) in [6, 6.07) is 4.74. The SMILES string of the molecule is CN(C[C@@H]1CCCCN1)c1cccnc1. The average Bonchev–Trinajstić information content (AvgIpc) is 2.31. The third-order valence-corrected chi connectivity index (χ3v) is 2.99. The Labute approximate surface area is 91.5 Å². The van der Waals surface area contributed by atoms with Gasteiger partial charge in [0.2, 0.25) is 0 Å². The molecule has 1 atom stereocenters. The molecule has 1 aliphatic heterocycles. The van der Waals surface area contributed by atoms with Gasteiger partial charge in [-0.3, -0.25) is 4.98 Å². The fourth-order valence-corrected chi connectivity index (χ4v) is 2.10. The first-order valence-electron chi connectivity index (χ1n) is 5.71. The van der Waals surface area contributed by atoms with Crippen LogP contribution in [0.3, 0.4) is 0 Å². The molecule has 2 rings (SSSR count). The molecule has 0 aromatic carbocycles. The van der Waals surface area contributed by atoms with Gasteiger partial charge < -0.3 is 10.2 Å². The van der Waals surface area contributed by atoms with Crippen molar-refractivity contribution in [3.63, 3.8) is 0 Å². The first kappa shape index (κ1) is 10.4. The minimum Gasteiger partial charge on any atom is -0.372 e. The van der Waals surface area contributed by atoms with Crippen LogP contribution in [0, 0.1) is 0 Å². The zero-order valence-electron chi connectivity index (χ0n) is 9.32. The van der Waals surface area contributed by atoms with Gasteiger partial charge in [0.05, 0.1) is 11.9 Å². The Morgan fingerprint density at radius 2 is 2.47 bits per heavy atom. The third kappa shape index (κ3) is 2.93. The lowest BCUT2D eigenvalue weighted by molar-refractivity contribution is 0.403. The van der Waals surface area contributed by atoms with E-state index in [1.165, 1.54) is 31.5 Å². The van der Waals surface area contributed by atoms with E-state index in [1.807, 2.05) is 18.5 Å². The second kappa shape index (κ2) is 5.12. The van der Waals surface area contributed by atoms with Crippen LogP contribution < -0.4 is 10.2 Å². The van der Waals surface area contributed by atoms with Gasteiger partial charge in [-0.15, -0.1) is 0 Å². The van der Waals surface area contributed by atoms with Crippen LogP contribution >= 0.6 is 0 Å². The molecule has 0 spiro atoms. The van der Waals surface area contributed by atoms with Gasteiger partial charge in [-0.05, 0) is 31.5 Å². The van der Waals surface area contributed by atoms with Crippen molar-refractivity contribution in [2.24, 2.45) is 0 Å². The Morgan fingerprint density at radius 1 is 1.53 bits per heavy atom. The number of aromatic nitrogens is 1. The summed E-state index contributed by atoms with van der Waals surface area (Å²) in [5.74, 6) is 0. The minimum atomic E-state index is 0.643. The quantitative estimate of drug-likeness (QED) is 0.813. The molecule has 3 nitrogen and oxygen atoms in total. The van der Waals surface area contributed by atoms with Gasteiger partial charge in [0.1, 0.15) is 0 Å². The van der Waals surface area contributed by atoms with Gasteiger partial charge in [0.15, 0.2) is 0 Å². The highest BCUT2D eigenvalue weighted by Gasteiger charge is 2.14. The van der Waals surface area contributed by atoms with E-state index in [-0.39, 0.29) is 0 Å². The maximum absolute atomic E-state index is 4.14. The summed E-state index contributed by atoms with van der Waals surface area (Å²) in [4.78, 5) is 6.41. The van der Waals surface area contributed by atoms with E-state index in [0.717, 1.165) is 6.54 Å². The van der Waals surface area contributed by atoms with Gasteiger partial charge in [-0.1, -0.05) is 6.42 Å². The molecule has 0 amide bonds. The van der Waals surface area contributed by atoms with E-state index in [9.17, 15) is 0 Å². The van der Waals surface area contributed by atoms with Crippen LogP contribution in [-0.2, 0) is 0 Å². The molecule has 0 radical (unpaired) electrons. The van der Waals surface area contributed by atoms with Crippen molar-refractivity contribution in [3.8, 4) is 0 Å².